The van der Waals surface area contributed by atoms with Crippen LogP contribution in [0, 0.1) is 0 Å². The number of esters is 2. The lowest BCUT2D eigenvalue weighted by Crippen LogP contribution is -2.29. The minimum atomic E-state index is -4.38. The van der Waals surface area contributed by atoms with E-state index in [0.29, 0.717) is 12.8 Å². The summed E-state index contributed by atoms with van der Waals surface area (Å²) in [6.45, 7) is 3.68. The van der Waals surface area contributed by atoms with Gasteiger partial charge in [-0.3, -0.25) is 18.6 Å². The fraction of sp³-hybridized carbons (Fsp3) is 0.854. The Morgan fingerprint density at radius 2 is 1.00 bits per heavy atom. The van der Waals surface area contributed by atoms with Gasteiger partial charge in [0.15, 0.2) is 6.10 Å². The molecular weight excluding hydrogens is 665 g/mol. The third-order valence-electron chi connectivity index (χ3n) is 8.82. The maximum absolute atomic E-state index is 12.5. The number of phosphoric ester groups is 1. The van der Waals surface area contributed by atoms with Crippen LogP contribution in [0.3, 0.4) is 0 Å². The molecule has 0 amide bonds. The second-order valence-electron chi connectivity index (χ2n) is 13.8. The monoisotopic (exact) mass is 744 g/mol. The zero-order valence-corrected chi connectivity index (χ0v) is 33.7. The molecule has 0 heterocycles. The molecule has 0 aliphatic heterocycles. The SMILES string of the molecule is CCCCCCCCCC/C=C/CCCCCC(=O)OC[C@H](COP(=O)(O)OCCN)OC(=O)CC/C=C/CCCCCCCCCCCCC. The average Bonchev–Trinajstić information content (AvgIpc) is 3.11. The quantitative estimate of drug-likeness (QED) is 0.0273. The van der Waals surface area contributed by atoms with Crippen molar-refractivity contribution in [3.8, 4) is 0 Å². The van der Waals surface area contributed by atoms with Gasteiger partial charge in [-0.25, -0.2) is 4.57 Å². The van der Waals surface area contributed by atoms with E-state index in [4.69, 9.17) is 24.3 Å². The van der Waals surface area contributed by atoms with E-state index in [1.165, 1.54) is 116 Å². The Labute approximate surface area is 312 Å². The molecule has 10 heteroatoms. The summed E-state index contributed by atoms with van der Waals surface area (Å²) in [4.78, 5) is 34.7. The summed E-state index contributed by atoms with van der Waals surface area (Å²) in [5.74, 6) is -0.900. The van der Waals surface area contributed by atoms with Crippen LogP contribution >= 0.6 is 7.82 Å². The molecule has 0 aromatic heterocycles. The van der Waals surface area contributed by atoms with Gasteiger partial charge in [0.1, 0.15) is 6.61 Å². The molecule has 3 N–H and O–H groups in total. The molecule has 0 saturated carbocycles. The van der Waals surface area contributed by atoms with E-state index in [9.17, 15) is 19.0 Å². The molecule has 0 radical (unpaired) electrons. The van der Waals surface area contributed by atoms with E-state index in [0.717, 1.165) is 38.5 Å². The molecule has 0 rings (SSSR count). The Kier molecular flexibility index (Phi) is 37.1. The fourth-order valence-corrected chi connectivity index (χ4v) is 6.47. The summed E-state index contributed by atoms with van der Waals surface area (Å²) in [6, 6.07) is 0. The molecule has 51 heavy (non-hydrogen) atoms. The third-order valence-corrected chi connectivity index (χ3v) is 9.81. The number of hydrogen-bond donors (Lipinski definition) is 2. The molecule has 1 unspecified atom stereocenters. The lowest BCUT2D eigenvalue weighted by atomic mass is 10.1. The van der Waals surface area contributed by atoms with E-state index in [1.54, 1.807) is 0 Å². The van der Waals surface area contributed by atoms with Crippen LogP contribution < -0.4 is 5.73 Å². The summed E-state index contributed by atoms with van der Waals surface area (Å²) in [5, 5.41) is 0. The second kappa shape index (κ2) is 38.2. The molecule has 0 aromatic carbocycles. The zero-order chi connectivity index (χ0) is 37.5. The number of nitrogens with two attached hydrogens (primary N) is 1. The molecule has 0 fully saturated rings. The Balaban J connectivity index is 4.23. The Bertz CT molecular complexity index is 897. The number of phosphoric acid groups is 1. The number of allylic oxidation sites excluding steroid dienone is 4. The first kappa shape index (κ1) is 49.5. The van der Waals surface area contributed by atoms with Crippen molar-refractivity contribution in [3.05, 3.63) is 24.3 Å². The predicted octanol–water partition coefficient (Wildman–Crippen LogP) is 11.6. The van der Waals surface area contributed by atoms with Crippen molar-refractivity contribution in [2.24, 2.45) is 5.73 Å². The molecule has 0 bridgehead atoms. The zero-order valence-electron chi connectivity index (χ0n) is 32.8. The standard InChI is InChI=1S/C41H78NO8P/c1-3-5-7-9-11-13-15-17-19-21-23-25-27-29-31-33-40(43)47-37-39(38-49-51(45,46)48-36-35-42)50-41(44)34-32-30-28-26-24-22-20-18-16-14-12-10-8-6-4-2/h21,23,28,30,39H,3-20,22,24-27,29,31-38,42H2,1-2H3,(H,45,46)/b23-21+,30-28+/t39-/m1/s1. The van der Waals surface area contributed by atoms with Crippen LogP contribution in [0.1, 0.15) is 194 Å². The van der Waals surface area contributed by atoms with Crippen molar-refractivity contribution < 1.29 is 37.6 Å². The first-order chi connectivity index (χ1) is 24.8. The summed E-state index contributed by atoms with van der Waals surface area (Å²) in [5.41, 5.74) is 5.33. The highest BCUT2D eigenvalue weighted by Gasteiger charge is 2.25. The first-order valence-corrected chi connectivity index (χ1v) is 22.3. The van der Waals surface area contributed by atoms with Gasteiger partial charge in [0.25, 0.3) is 0 Å². The summed E-state index contributed by atoms with van der Waals surface area (Å²) in [7, 11) is -4.38. The summed E-state index contributed by atoms with van der Waals surface area (Å²) >= 11 is 0. The lowest BCUT2D eigenvalue weighted by molar-refractivity contribution is -0.161. The van der Waals surface area contributed by atoms with Crippen LogP contribution in [0.4, 0.5) is 0 Å². The van der Waals surface area contributed by atoms with E-state index in [1.807, 2.05) is 6.08 Å². The predicted molar refractivity (Wildman–Crippen MR) is 211 cm³/mol. The molecule has 0 aliphatic carbocycles. The molecule has 2 atom stereocenters. The van der Waals surface area contributed by atoms with Gasteiger partial charge in [-0.1, -0.05) is 154 Å². The average molecular weight is 744 g/mol. The normalized spacial score (nSPS) is 13.6. The highest BCUT2D eigenvalue weighted by Crippen LogP contribution is 2.43. The van der Waals surface area contributed by atoms with Gasteiger partial charge in [-0.05, 0) is 51.4 Å². The lowest BCUT2D eigenvalue weighted by Gasteiger charge is -2.19. The second-order valence-corrected chi connectivity index (χ2v) is 15.3. The molecule has 0 aromatic rings. The number of carbonyl (C=O) groups is 2. The number of carbonyl (C=O) groups excluding carboxylic acids is 2. The van der Waals surface area contributed by atoms with Gasteiger partial charge < -0.3 is 20.1 Å². The highest BCUT2D eigenvalue weighted by atomic mass is 31.2. The minimum absolute atomic E-state index is 0.0479. The number of hydrogen-bond acceptors (Lipinski definition) is 8. The number of ether oxygens (including phenoxy) is 2. The van der Waals surface area contributed by atoms with Gasteiger partial charge in [-0.2, -0.15) is 0 Å². The van der Waals surface area contributed by atoms with Crippen molar-refractivity contribution in [3.63, 3.8) is 0 Å². The molecular formula is C41H78NO8P. The number of unbranched alkanes of at least 4 members (excludes halogenated alkanes) is 22. The van der Waals surface area contributed by atoms with Gasteiger partial charge in [0, 0.05) is 19.4 Å². The highest BCUT2D eigenvalue weighted by molar-refractivity contribution is 7.47. The fourth-order valence-electron chi connectivity index (χ4n) is 5.71. The molecule has 0 spiro atoms. The van der Waals surface area contributed by atoms with E-state index >= 15 is 0 Å². The molecule has 300 valence electrons. The first-order valence-electron chi connectivity index (χ1n) is 20.8. The van der Waals surface area contributed by atoms with Crippen molar-refractivity contribution in [2.75, 3.05) is 26.4 Å². The smallest absolute Gasteiger partial charge is 0.462 e. The molecule has 0 saturated heterocycles. The Hall–Kier alpha value is -1.51. The van der Waals surface area contributed by atoms with Crippen LogP contribution in [-0.4, -0.2) is 49.3 Å². The molecule has 0 aliphatic rings. The van der Waals surface area contributed by atoms with Gasteiger partial charge in [-0.15, -0.1) is 0 Å². The summed E-state index contributed by atoms with van der Waals surface area (Å²) < 4.78 is 32.6. The topological polar surface area (TPSA) is 134 Å². The minimum Gasteiger partial charge on any atom is -0.462 e. The Morgan fingerprint density at radius 1 is 0.569 bits per heavy atom. The van der Waals surface area contributed by atoms with Crippen molar-refractivity contribution >= 4 is 19.8 Å². The Morgan fingerprint density at radius 3 is 1.47 bits per heavy atom. The van der Waals surface area contributed by atoms with E-state index in [2.05, 4.69) is 32.1 Å². The van der Waals surface area contributed by atoms with Crippen LogP contribution in [0.25, 0.3) is 0 Å². The van der Waals surface area contributed by atoms with E-state index < -0.39 is 32.5 Å². The van der Waals surface area contributed by atoms with E-state index in [-0.39, 0.29) is 32.6 Å². The van der Waals surface area contributed by atoms with Gasteiger partial charge in [0.05, 0.1) is 13.2 Å². The maximum atomic E-state index is 12.5. The molecule has 9 nitrogen and oxygen atoms in total. The van der Waals surface area contributed by atoms with Crippen molar-refractivity contribution in [2.45, 2.75) is 200 Å². The third kappa shape index (κ3) is 38.0. The maximum Gasteiger partial charge on any atom is 0.472 e. The van der Waals surface area contributed by atoms with Crippen LogP contribution in [0.5, 0.6) is 0 Å². The van der Waals surface area contributed by atoms with Crippen LogP contribution in [0.2, 0.25) is 0 Å². The van der Waals surface area contributed by atoms with Crippen LogP contribution in [0.15, 0.2) is 24.3 Å². The van der Waals surface area contributed by atoms with Crippen molar-refractivity contribution in [1.29, 1.82) is 0 Å². The van der Waals surface area contributed by atoms with Gasteiger partial charge in [0.2, 0.25) is 0 Å². The number of rotatable bonds is 39. The summed E-state index contributed by atoms with van der Waals surface area (Å²) in [6.07, 6.45) is 39.4. The van der Waals surface area contributed by atoms with Crippen LogP contribution in [-0.2, 0) is 32.7 Å². The van der Waals surface area contributed by atoms with Crippen molar-refractivity contribution in [1.82, 2.24) is 0 Å². The largest absolute Gasteiger partial charge is 0.472 e. The van der Waals surface area contributed by atoms with Gasteiger partial charge >= 0.3 is 19.8 Å².